The maximum Gasteiger partial charge on any atom is 0.341 e. The summed E-state index contributed by atoms with van der Waals surface area (Å²) < 4.78 is 21.5. The number of anilines is 1. The molecular weight excluding hydrogens is 388 g/mol. The van der Waals surface area contributed by atoms with Gasteiger partial charge in [-0.1, -0.05) is 11.6 Å². The minimum atomic E-state index is -1.41. The van der Waals surface area contributed by atoms with E-state index in [4.69, 9.17) is 27.8 Å². The maximum absolute atomic E-state index is 14.6. The van der Waals surface area contributed by atoms with Crippen LogP contribution in [0.4, 0.5) is 10.1 Å². The van der Waals surface area contributed by atoms with Crippen molar-refractivity contribution in [2.24, 2.45) is 5.73 Å². The number of fused-ring (bicyclic) bond motifs is 1. The lowest BCUT2D eigenvalue weighted by Gasteiger charge is -2.18. The minimum Gasteiger partial charge on any atom is -0.487 e. The summed E-state index contributed by atoms with van der Waals surface area (Å²) in [4.78, 5) is 23.9. The summed E-state index contributed by atoms with van der Waals surface area (Å²) in [6.45, 7) is 1.68. The molecule has 1 aliphatic rings. The molecule has 0 radical (unpaired) electrons. The highest BCUT2D eigenvalue weighted by atomic mass is 35.5. The molecular formula is C16H18Cl2FN3O4. The fourth-order valence-corrected chi connectivity index (χ4v) is 3.01. The third-order valence-corrected chi connectivity index (χ3v) is 4.36. The Balaban J connectivity index is 0.00000243. The van der Waals surface area contributed by atoms with Crippen LogP contribution in [0.15, 0.2) is 11.0 Å². The number of ether oxygens (including phenoxy) is 1. The number of carbonyl (C=O) groups is 1. The Hall–Kier alpha value is -2.03. The zero-order valence-electron chi connectivity index (χ0n) is 13.8. The Morgan fingerprint density at radius 3 is 2.65 bits per heavy atom. The quantitative estimate of drug-likeness (QED) is 0.657. The Morgan fingerprint density at radius 2 is 2.15 bits per heavy atom. The highest BCUT2D eigenvalue weighted by Crippen LogP contribution is 2.44. The van der Waals surface area contributed by atoms with Crippen molar-refractivity contribution in [1.82, 2.24) is 4.57 Å². The van der Waals surface area contributed by atoms with Gasteiger partial charge in [0, 0.05) is 18.3 Å². The van der Waals surface area contributed by atoms with Crippen LogP contribution in [0.25, 0.3) is 10.9 Å². The topological polar surface area (TPSA) is 121 Å². The number of aromatic nitrogens is 1. The summed E-state index contributed by atoms with van der Waals surface area (Å²) in [5.41, 5.74) is 9.75. The summed E-state index contributed by atoms with van der Waals surface area (Å²) in [6.07, 6.45) is 2.81. The zero-order chi connectivity index (χ0) is 18.5. The van der Waals surface area contributed by atoms with Crippen LogP contribution in [0.2, 0.25) is 5.02 Å². The first kappa shape index (κ1) is 20.3. The lowest BCUT2D eigenvalue weighted by molar-refractivity contribution is 0.0695. The van der Waals surface area contributed by atoms with Crippen molar-refractivity contribution in [2.75, 3.05) is 12.3 Å². The molecule has 1 unspecified atom stereocenters. The SMILES string of the molecule is CC(N)COc1c(F)c(N)c2c(=O)c(C(=O)O)cn(C3CC3)c2c1Cl.Cl. The smallest absolute Gasteiger partial charge is 0.341 e. The van der Waals surface area contributed by atoms with Gasteiger partial charge in [-0.05, 0) is 19.8 Å². The van der Waals surface area contributed by atoms with E-state index in [9.17, 15) is 19.1 Å². The molecule has 7 nitrogen and oxygen atoms in total. The molecule has 0 amide bonds. The second-order valence-electron chi connectivity index (χ2n) is 6.20. The highest BCUT2D eigenvalue weighted by molar-refractivity contribution is 6.37. The van der Waals surface area contributed by atoms with Gasteiger partial charge in [-0.15, -0.1) is 12.4 Å². The molecule has 0 spiro atoms. The second kappa shape index (κ2) is 7.30. The first-order chi connectivity index (χ1) is 11.7. The molecule has 0 aliphatic heterocycles. The number of carboxylic acids is 1. The molecule has 142 valence electrons. The first-order valence-corrected chi connectivity index (χ1v) is 8.08. The van der Waals surface area contributed by atoms with E-state index >= 15 is 0 Å². The molecule has 0 bridgehead atoms. The fourth-order valence-electron chi connectivity index (χ4n) is 2.68. The summed E-state index contributed by atoms with van der Waals surface area (Å²) in [5, 5.41) is 8.89. The van der Waals surface area contributed by atoms with Crippen LogP contribution < -0.4 is 21.6 Å². The van der Waals surface area contributed by atoms with Gasteiger partial charge in [-0.25, -0.2) is 9.18 Å². The van der Waals surface area contributed by atoms with Gasteiger partial charge in [0.15, 0.2) is 11.6 Å². The molecule has 0 saturated heterocycles. The predicted octanol–water partition coefficient (Wildman–Crippen LogP) is 2.56. The summed E-state index contributed by atoms with van der Waals surface area (Å²) in [5.74, 6) is -2.70. The lowest BCUT2D eigenvalue weighted by atomic mass is 10.1. The van der Waals surface area contributed by atoms with Crippen molar-refractivity contribution < 1.29 is 19.0 Å². The normalized spacial score (nSPS) is 14.8. The molecule has 5 N–H and O–H groups in total. The van der Waals surface area contributed by atoms with Gasteiger partial charge in [0.2, 0.25) is 5.43 Å². The van der Waals surface area contributed by atoms with Crippen LogP contribution in [0.5, 0.6) is 5.75 Å². The minimum absolute atomic E-state index is 0. The van der Waals surface area contributed by atoms with Crippen LogP contribution in [-0.4, -0.2) is 28.3 Å². The Morgan fingerprint density at radius 1 is 1.54 bits per heavy atom. The highest BCUT2D eigenvalue weighted by Gasteiger charge is 2.31. The number of aromatic carboxylic acids is 1. The van der Waals surface area contributed by atoms with Gasteiger partial charge in [-0.2, -0.15) is 0 Å². The number of halogens is 3. The lowest BCUT2D eigenvalue weighted by Crippen LogP contribution is -2.25. The van der Waals surface area contributed by atoms with Crippen LogP contribution in [0.1, 0.15) is 36.2 Å². The van der Waals surface area contributed by atoms with Crippen molar-refractivity contribution >= 4 is 46.6 Å². The van der Waals surface area contributed by atoms with Crippen LogP contribution >= 0.6 is 24.0 Å². The van der Waals surface area contributed by atoms with Crippen LogP contribution in [-0.2, 0) is 0 Å². The largest absolute Gasteiger partial charge is 0.487 e. The zero-order valence-corrected chi connectivity index (χ0v) is 15.4. The molecule has 1 fully saturated rings. The predicted molar refractivity (Wildman–Crippen MR) is 99.2 cm³/mol. The van der Waals surface area contributed by atoms with Gasteiger partial charge in [0.1, 0.15) is 17.2 Å². The van der Waals surface area contributed by atoms with Crippen molar-refractivity contribution in [3.8, 4) is 5.75 Å². The molecule has 1 saturated carbocycles. The van der Waals surface area contributed by atoms with E-state index in [2.05, 4.69) is 0 Å². The Kier molecular flexibility index (Phi) is 5.70. The third-order valence-electron chi connectivity index (χ3n) is 4.01. The molecule has 10 heteroatoms. The number of benzene rings is 1. The molecule has 1 aromatic heterocycles. The number of nitrogen functional groups attached to an aromatic ring is 1. The molecule has 3 rings (SSSR count). The van der Waals surface area contributed by atoms with E-state index in [0.29, 0.717) is 0 Å². The standard InChI is InChI=1S/C16H17ClFN3O4.ClH/c1-6(19)5-25-15-10(17)13-9(12(20)11(15)18)14(22)8(16(23)24)4-21(13)7-2-3-7;/h4,6-7H,2-3,5,19-20H2,1H3,(H,23,24);1H. The number of carboxylic acid groups (broad SMARTS) is 1. The van der Waals surface area contributed by atoms with E-state index in [1.807, 2.05) is 0 Å². The Labute approximate surface area is 159 Å². The fraction of sp³-hybridized carbons (Fsp3) is 0.375. The molecule has 1 atom stereocenters. The molecule has 1 aromatic carbocycles. The van der Waals surface area contributed by atoms with Gasteiger partial charge >= 0.3 is 5.97 Å². The van der Waals surface area contributed by atoms with Crippen molar-refractivity contribution in [3.63, 3.8) is 0 Å². The number of pyridine rings is 1. The van der Waals surface area contributed by atoms with E-state index < -0.39 is 28.5 Å². The Bertz CT molecular complexity index is 942. The summed E-state index contributed by atoms with van der Waals surface area (Å²) in [6, 6.07) is -0.391. The number of nitrogens with zero attached hydrogens (tertiary/aromatic N) is 1. The molecule has 2 aromatic rings. The molecule has 26 heavy (non-hydrogen) atoms. The summed E-state index contributed by atoms with van der Waals surface area (Å²) >= 11 is 6.31. The number of nitrogens with two attached hydrogens (primary N) is 2. The molecule has 1 heterocycles. The number of rotatable bonds is 5. The van der Waals surface area contributed by atoms with Gasteiger partial charge in [-0.3, -0.25) is 4.79 Å². The number of hydrogen-bond acceptors (Lipinski definition) is 5. The van der Waals surface area contributed by atoms with Crippen molar-refractivity contribution in [3.05, 3.63) is 32.8 Å². The van der Waals surface area contributed by atoms with Crippen molar-refractivity contribution in [1.29, 1.82) is 0 Å². The van der Waals surface area contributed by atoms with E-state index in [1.54, 1.807) is 11.5 Å². The third kappa shape index (κ3) is 3.32. The van der Waals surface area contributed by atoms with Gasteiger partial charge < -0.3 is 25.9 Å². The first-order valence-electron chi connectivity index (χ1n) is 7.71. The van der Waals surface area contributed by atoms with E-state index in [-0.39, 0.29) is 52.8 Å². The summed E-state index contributed by atoms with van der Waals surface area (Å²) in [7, 11) is 0. The molecule has 1 aliphatic carbocycles. The van der Waals surface area contributed by atoms with Gasteiger partial charge in [0.05, 0.1) is 16.6 Å². The van der Waals surface area contributed by atoms with E-state index in [1.165, 1.54) is 6.20 Å². The average molecular weight is 406 g/mol. The monoisotopic (exact) mass is 405 g/mol. The average Bonchev–Trinajstić information content (AvgIpc) is 3.36. The van der Waals surface area contributed by atoms with E-state index in [0.717, 1.165) is 12.8 Å². The van der Waals surface area contributed by atoms with Crippen LogP contribution in [0, 0.1) is 5.82 Å². The van der Waals surface area contributed by atoms with Gasteiger partial charge in [0.25, 0.3) is 0 Å². The number of hydrogen-bond donors (Lipinski definition) is 3. The maximum atomic E-state index is 14.6. The van der Waals surface area contributed by atoms with Crippen LogP contribution in [0.3, 0.4) is 0 Å². The second-order valence-corrected chi connectivity index (χ2v) is 6.58. The van der Waals surface area contributed by atoms with Crippen molar-refractivity contribution in [2.45, 2.75) is 31.8 Å².